The van der Waals surface area contributed by atoms with Crippen LogP contribution in [0.5, 0.6) is 0 Å². The third kappa shape index (κ3) is 1.62. The number of rotatable bonds is 1. The summed E-state index contributed by atoms with van der Waals surface area (Å²) in [5.74, 6) is 0.180. The van der Waals surface area contributed by atoms with Crippen molar-refractivity contribution in [2.45, 2.75) is 43.9 Å². The fourth-order valence-corrected chi connectivity index (χ4v) is 2.91. The number of alkyl halides is 1. The molecule has 0 aromatic heterocycles. The minimum absolute atomic E-state index is 0.180. The number of carbonyl (C=O) groups is 1. The normalized spacial score (nSPS) is 38.0. The maximum absolute atomic E-state index is 11.5. The third-order valence-electron chi connectivity index (χ3n) is 3.11. The first kappa shape index (κ1) is 9.46. The number of amides is 1. The van der Waals surface area contributed by atoms with Crippen LogP contribution in [0, 0.1) is 0 Å². The molecule has 0 spiro atoms. The molecule has 2 rings (SSSR count). The van der Waals surface area contributed by atoms with Gasteiger partial charge in [-0.1, -0.05) is 15.9 Å². The summed E-state index contributed by atoms with van der Waals surface area (Å²) >= 11 is 3.19. The van der Waals surface area contributed by atoms with Gasteiger partial charge in [-0.25, -0.2) is 0 Å². The van der Waals surface area contributed by atoms with E-state index < -0.39 is 0 Å². The van der Waals surface area contributed by atoms with E-state index in [2.05, 4.69) is 15.9 Å². The largest absolute Gasteiger partial charge is 0.393 e. The second-order valence-electron chi connectivity index (χ2n) is 3.94. The van der Waals surface area contributed by atoms with E-state index in [0.717, 1.165) is 25.7 Å². The summed E-state index contributed by atoms with van der Waals surface area (Å²) in [6.07, 6.45) is 3.50. The lowest BCUT2D eigenvalue weighted by Crippen LogP contribution is -2.48. The molecule has 2 unspecified atom stereocenters. The van der Waals surface area contributed by atoms with Crippen LogP contribution in [-0.2, 0) is 4.79 Å². The van der Waals surface area contributed by atoms with E-state index in [1.165, 1.54) is 0 Å². The van der Waals surface area contributed by atoms with Gasteiger partial charge in [-0.05, 0) is 25.7 Å². The first-order valence-electron chi connectivity index (χ1n) is 4.77. The van der Waals surface area contributed by atoms with E-state index in [-0.39, 0.29) is 12.0 Å². The van der Waals surface area contributed by atoms with Crippen molar-refractivity contribution >= 4 is 21.8 Å². The minimum atomic E-state index is -0.183. The zero-order chi connectivity index (χ0) is 9.42. The van der Waals surface area contributed by atoms with Gasteiger partial charge in [0.05, 0.1) is 11.4 Å². The Bertz CT molecular complexity index is 208. The van der Waals surface area contributed by atoms with E-state index in [9.17, 15) is 9.90 Å². The van der Waals surface area contributed by atoms with Gasteiger partial charge in [-0.3, -0.25) is 4.79 Å². The molecular formula is C9H14BrNO2. The summed E-state index contributed by atoms with van der Waals surface area (Å²) < 4.78 is 0. The summed E-state index contributed by atoms with van der Waals surface area (Å²) in [6.45, 7) is 0. The third-order valence-corrected chi connectivity index (χ3v) is 3.59. The lowest BCUT2D eigenvalue weighted by molar-refractivity contribution is -0.134. The molecule has 0 aromatic rings. The molecule has 1 N–H and O–H groups in total. The van der Waals surface area contributed by atoms with E-state index in [1.807, 2.05) is 4.90 Å². The molecule has 2 atom stereocenters. The Hall–Kier alpha value is -0.0900. The molecule has 2 fully saturated rings. The van der Waals surface area contributed by atoms with E-state index >= 15 is 0 Å². The Kier molecular flexibility index (Phi) is 2.60. The van der Waals surface area contributed by atoms with Gasteiger partial charge in [0, 0.05) is 12.1 Å². The number of hydrogen-bond donors (Lipinski definition) is 1. The predicted molar refractivity (Wildman–Crippen MR) is 52.7 cm³/mol. The highest BCUT2D eigenvalue weighted by Crippen LogP contribution is 2.35. The standard InChI is InChI=1S/C9H14BrNO2/c10-5-9(13)11-6-1-2-7(11)4-8(12)3-6/h6-8,12H,1-5H2. The van der Waals surface area contributed by atoms with Crippen LogP contribution in [0.1, 0.15) is 25.7 Å². The fraction of sp³-hybridized carbons (Fsp3) is 0.889. The van der Waals surface area contributed by atoms with Crippen LogP contribution in [-0.4, -0.2) is 39.4 Å². The molecule has 0 aromatic carbocycles. The molecule has 2 aliphatic rings. The SMILES string of the molecule is O=C(CBr)N1C2CCC1CC(O)C2. The minimum Gasteiger partial charge on any atom is -0.393 e. The Morgan fingerprint density at radius 1 is 1.38 bits per heavy atom. The number of carbonyl (C=O) groups excluding carboxylic acids is 1. The van der Waals surface area contributed by atoms with Crippen LogP contribution in [0.25, 0.3) is 0 Å². The second kappa shape index (κ2) is 3.58. The Labute approximate surface area is 86.2 Å². The van der Waals surface area contributed by atoms with Crippen LogP contribution < -0.4 is 0 Å². The van der Waals surface area contributed by atoms with Gasteiger partial charge in [-0.15, -0.1) is 0 Å². The van der Waals surface area contributed by atoms with Crippen molar-refractivity contribution in [3.63, 3.8) is 0 Å². The van der Waals surface area contributed by atoms with Gasteiger partial charge < -0.3 is 10.0 Å². The van der Waals surface area contributed by atoms with Crippen LogP contribution in [0.2, 0.25) is 0 Å². The molecule has 0 saturated carbocycles. The predicted octanol–water partition coefficient (Wildman–Crippen LogP) is 0.896. The molecular weight excluding hydrogens is 234 g/mol. The van der Waals surface area contributed by atoms with Crippen molar-refractivity contribution < 1.29 is 9.90 Å². The molecule has 2 saturated heterocycles. The summed E-state index contributed by atoms with van der Waals surface area (Å²) in [7, 11) is 0. The number of nitrogens with zero attached hydrogens (tertiary/aromatic N) is 1. The van der Waals surface area contributed by atoms with Gasteiger partial charge in [0.25, 0.3) is 0 Å². The number of aliphatic hydroxyl groups excluding tert-OH is 1. The highest BCUT2D eigenvalue weighted by Gasteiger charge is 2.42. The molecule has 2 aliphatic heterocycles. The van der Waals surface area contributed by atoms with Crippen LogP contribution in [0.15, 0.2) is 0 Å². The van der Waals surface area contributed by atoms with Crippen molar-refractivity contribution in [3.8, 4) is 0 Å². The van der Waals surface area contributed by atoms with Gasteiger partial charge in [0.1, 0.15) is 0 Å². The maximum atomic E-state index is 11.5. The van der Waals surface area contributed by atoms with Crippen molar-refractivity contribution in [2.75, 3.05) is 5.33 Å². The molecule has 0 radical (unpaired) electrons. The van der Waals surface area contributed by atoms with Crippen molar-refractivity contribution in [2.24, 2.45) is 0 Å². The van der Waals surface area contributed by atoms with Gasteiger partial charge >= 0.3 is 0 Å². The highest BCUT2D eigenvalue weighted by atomic mass is 79.9. The fourth-order valence-electron chi connectivity index (χ4n) is 2.62. The zero-order valence-corrected chi connectivity index (χ0v) is 9.03. The van der Waals surface area contributed by atoms with Crippen molar-refractivity contribution in [1.82, 2.24) is 4.90 Å². The molecule has 3 nitrogen and oxygen atoms in total. The van der Waals surface area contributed by atoms with E-state index in [1.54, 1.807) is 0 Å². The van der Waals surface area contributed by atoms with Crippen molar-refractivity contribution in [3.05, 3.63) is 0 Å². The van der Waals surface area contributed by atoms with Crippen LogP contribution >= 0.6 is 15.9 Å². The first-order chi connectivity index (χ1) is 6.22. The molecule has 1 amide bonds. The average molecular weight is 248 g/mol. The summed E-state index contributed by atoms with van der Waals surface area (Å²) in [5, 5.41) is 9.93. The smallest absolute Gasteiger partial charge is 0.233 e. The summed E-state index contributed by atoms with van der Waals surface area (Å²) in [5.41, 5.74) is 0. The molecule has 4 heteroatoms. The zero-order valence-electron chi connectivity index (χ0n) is 7.45. The van der Waals surface area contributed by atoms with Crippen LogP contribution in [0.3, 0.4) is 0 Å². The lowest BCUT2D eigenvalue weighted by atomic mass is 10.00. The Balaban J connectivity index is 2.10. The highest BCUT2D eigenvalue weighted by molar-refractivity contribution is 9.09. The Morgan fingerprint density at radius 2 is 1.92 bits per heavy atom. The average Bonchev–Trinajstić information content (AvgIpc) is 2.37. The molecule has 13 heavy (non-hydrogen) atoms. The first-order valence-corrected chi connectivity index (χ1v) is 5.89. The topological polar surface area (TPSA) is 40.5 Å². The van der Waals surface area contributed by atoms with E-state index in [4.69, 9.17) is 0 Å². The van der Waals surface area contributed by atoms with Crippen molar-refractivity contribution in [1.29, 1.82) is 0 Å². The van der Waals surface area contributed by atoms with Crippen LogP contribution in [0.4, 0.5) is 0 Å². The molecule has 2 bridgehead atoms. The lowest BCUT2D eigenvalue weighted by Gasteiger charge is -2.36. The summed E-state index contributed by atoms with van der Waals surface area (Å²) in [4.78, 5) is 13.5. The quantitative estimate of drug-likeness (QED) is 0.700. The van der Waals surface area contributed by atoms with Gasteiger partial charge in [-0.2, -0.15) is 0 Å². The maximum Gasteiger partial charge on any atom is 0.233 e. The number of piperidine rings is 1. The second-order valence-corrected chi connectivity index (χ2v) is 4.51. The number of fused-ring (bicyclic) bond motifs is 2. The van der Waals surface area contributed by atoms with E-state index in [0.29, 0.717) is 17.4 Å². The Morgan fingerprint density at radius 3 is 2.38 bits per heavy atom. The number of halogens is 1. The summed E-state index contributed by atoms with van der Waals surface area (Å²) in [6, 6.07) is 0.609. The monoisotopic (exact) mass is 247 g/mol. The molecule has 74 valence electrons. The van der Waals surface area contributed by atoms with Gasteiger partial charge in [0.2, 0.25) is 5.91 Å². The number of aliphatic hydroxyl groups is 1. The van der Waals surface area contributed by atoms with Gasteiger partial charge in [0.15, 0.2) is 0 Å². The molecule has 2 heterocycles. The number of hydrogen-bond acceptors (Lipinski definition) is 2. The molecule has 0 aliphatic carbocycles.